The molecule has 100 valence electrons. The van der Waals surface area contributed by atoms with Gasteiger partial charge >= 0.3 is 0 Å². The molecule has 2 rings (SSSR count). The second-order valence-electron chi connectivity index (χ2n) is 4.04. The first-order chi connectivity index (χ1) is 9.10. The molecule has 0 unspecified atom stereocenters. The van der Waals surface area contributed by atoms with E-state index in [0.717, 1.165) is 21.6 Å². The number of aryl methyl sites for hydroxylation is 2. The molecule has 0 amide bonds. The number of aldehydes is 1. The maximum Gasteiger partial charge on any atom is 0.263 e. The van der Waals surface area contributed by atoms with E-state index in [4.69, 9.17) is 0 Å². The summed E-state index contributed by atoms with van der Waals surface area (Å²) in [7, 11) is 0. The van der Waals surface area contributed by atoms with Gasteiger partial charge in [0.05, 0.1) is 11.1 Å². The third-order valence-corrected chi connectivity index (χ3v) is 4.82. The topological polar surface area (TPSA) is 52.0 Å². The van der Waals surface area contributed by atoms with Gasteiger partial charge in [-0.05, 0) is 19.4 Å². The van der Waals surface area contributed by atoms with E-state index in [1.807, 2.05) is 13.8 Å². The van der Waals surface area contributed by atoms with Gasteiger partial charge in [0.2, 0.25) is 0 Å². The molecule has 4 nitrogen and oxygen atoms in total. The fourth-order valence-corrected chi connectivity index (χ4v) is 3.58. The van der Waals surface area contributed by atoms with Crippen LogP contribution in [0.5, 0.6) is 0 Å². The summed E-state index contributed by atoms with van der Waals surface area (Å²) in [5.74, 6) is 0.290. The summed E-state index contributed by atoms with van der Waals surface area (Å²) in [5, 5.41) is 1.26. The molecule has 0 atom stereocenters. The lowest BCUT2D eigenvalue weighted by atomic mass is 10.2. The highest BCUT2D eigenvalue weighted by Crippen LogP contribution is 2.28. The van der Waals surface area contributed by atoms with E-state index in [1.165, 1.54) is 23.1 Å². The number of thioether (sulfide) groups is 1. The van der Waals surface area contributed by atoms with Crippen LogP contribution in [0.1, 0.15) is 10.4 Å². The fourth-order valence-electron chi connectivity index (χ4n) is 1.82. The van der Waals surface area contributed by atoms with Gasteiger partial charge in [-0.2, -0.15) is 0 Å². The third kappa shape index (κ3) is 2.50. The summed E-state index contributed by atoms with van der Waals surface area (Å²) in [4.78, 5) is 29.4. The second-order valence-corrected chi connectivity index (χ2v) is 6.23. The minimum atomic E-state index is -0.0554. The molecule has 0 radical (unpaired) electrons. The van der Waals surface area contributed by atoms with Gasteiger partial charge < -0.3 is 4.79 Å². The smallest absolute Gasteiger partial charge is 0.263 e. The number of nitrogens with zero attached hydrogens (tertiary/aromatic N) is 2. The number of hydrogen-bond acceptors (Lipinski definition) is 5. The molecule has 0 aliphatic carbocycles. The zero-order valence-electron chi connectivity index (χ0n) is 10.8. The SMILES string of the molecule is C=CCn1c(SCC=O)nc2sc(C)c(C)c2c1=O. The van der Waals surface area contributed by atoms with Crippen molar-refractivity contribution in [2.24, 2.45) is 0 Å². The molecule has 0 fully saturated rings. The number of carbonyl (C=O) groups excluding carboxylic acids is 1. The van der Waals surface area contributed by atoms with Crippen molar-refractivity contribution < 1.29 is 4.79 Å². The van der Waals surface area contributed by atoms with Crippen LogP contribution in [0.15, 0.2) is 22.6 Å². The molecule has 2 aromatic heterocycles. The van der Waals surface area contributed by atoms with Gasteiger partial charge in [-0.25, -0.2) is 4.98 Å². The van der Waals surface area contributed by atoms with E-state index in [-0.39, 0.29) is 5.56 Å². The number of carbonyl (C=O) groups is 1. The Bertz CT molecular complexity index is 701. The number of rotatable bonds is 5. The summed E-state index contributed by atoms with van der Waals surface area (Å²) in [6.07, 6.45) is 2.47. The van der Waals surface area contributed by atoms with Crippen LogP contribution in [0.2, 0.25) is 0 Å². The Morgan fingerprint density at radius 2 is 2.21 bits per heavy atom. The number of aromatic nitrogens is 2. The molecule has 0 aliphatic rings. The minimum absolute atomic E-state index is 0.0554. The lowest BCUT2D eigenvalue weighted by molar-refractivity contribution is -0.105. The predicted molar refractivity (Wildman–Crippen MR) is 80.3 cm³/mol. The third-order valence-electron chi connectivity index (χ3n) is 2.85. The van der Waals surface area contributed by atoms with Crippen molar-refractivity contribution in [2.75, 3.05) is 5.75 Å². The van der Waals surface area contributed by atoms with Crippen LogP contribution in [0.4, 0.5) is 0 Å². The molecule has 0 aromatic carbocycles. The van der Waals surface area contributed by atoms with Gasteiger partial charge in [0.25, 0.3) is 5.56 Å². The molecule has 0 aliphatic heterocycles. The van der Waals surface area contributed by atoms with Gasteiger partial charge in [-0.15, -0.1) is 17.9 Å². The molecule has 0 N–H and O–H groups in total. The Kier molecular flexibility index (Phi) is 4.21. The van der Waals surface area contributed by atoms with Crippen molar-refractivity contribution in [3.63, 3.8) is 0 Å². The summed E-state index contributed by atoms with van der Waals surface area (Å²) in [5.41, 5.74) is 0.933. The summed E-state index contributed by atoms with van der Waals surface area (Å²) >= 11 is 2.79. The lowest BCUT2D eigenvalue weighted by Gasteiger charge is -2.08. The Hall–Kier alpha value is -1.40. The maximum atomic E-state index is 12.5. The minimum Gasteiger partial charge on any atom is -0.302 e. The molecule has 19 heavy (non-hydrogen) atoms. The van der Waals surface area contributed by atoms with Crippen LogP contribution < -0.4 is 5.56 Å². The van der Waals surface area contributed by atoms with Crippen LogP contribution in [-0.4, -0.2) is 21.6 Å². The highest BCUT2D eigenvalue weighted by atomic mass is 32.2. The van der Waals surface area contributed by atoms with E-state index < -0.39 is 0 Å². The molecule has 2 heterocycles. The normalized spacial score (nSPS) is 10.8. The van der Waals surface area contributed by atoms with E-state index in [0.29, 0.717) is 22.8 Å². The molecule has 2 aromatic rings. The van der Waals surface area contributed by atoms with Crippen LogP contribution in [-0.2, 0) is 11.3 Å². The first-order valence-corrected chi connectivity index (χ1v) is 7.58. The highest BCUT2D eigenvalue weighted by Gasteiger charge is 2.15. The average Bonchev–Trinajstić information content (AvgIpc) is 2.66. The molecule has 0 saturated carbocycles. The summed E-state index contributed by atoms with van der Waals surface area (Å²) in [6.45, 7) is 7.98. The number of fused-ring (bicyclic) bond motifs is 1. The van der Waals surface area contributed by atoms with Crippen molar-refractivity contribution in [2.45, 2.75) is 25.5 Å². The Labute approximate surface area is 119 Å². The van der Waals surface area contributed by atoms with Crippen molar-refractivity contribution >= 4 is 39.6 Å². The van der Waals surface area contributed by atoms with Gasteiger partial charge in [-0.1, -0.05) is 17.8 Å². The molecule has 0 bridgehead atoms. The van der Waals surface area contributed by atoms with Crippen molar-refractivity contribution in [3.8, 4) is 0 Å². The molecule has 6 heteroatoms. The summed E-state index contributed by atoms with van der Waals surface area (Å²) in [6, 6.07) is 0. The van der Waals surface area contributed by atoms with Crippen molar-refractivity contribution in [1.29, 1.82) is 0 Å². The van der Waals surface area contributed by atoms with Gasteiger partial charge in [0, 0.05) is 11.4 Å². The number of thiophene rings is 1. The van der Waals surface area contributed by atoms with Crippen molar-refractivity contribution in [3.05, 3.63) is 33.4 Å². The van der Waals surface area contributed by atoms with Crippen LogP contribution in [0.25, 0.3) is 10.2 Å². The fraction of sp³-hybridized carbons (Fsp3) is 0.308. The molecule has 0 saturated heterocycles. The lowest BCUT2D eigenvalue weighted by Crippen LogP contribution is -2.22. The second kappa shape index (κ2) is 5.71. The first-order valence-electron chi connectivity index (χ1n) is 5.78. The maximum absolute atomic E-state index is 12.5. The van der Waals surface area contributed by atoms with E-state index in [1.54, 1.807) is 10.6 Å². The van der Waals surface area contributed by atoms with E-state index >= 15 is 0 Å². The predicted octanol–water partition coefficient (Wildman–Crippen LogP) is 2.55. The van der Waals surface area contributed by atoms with Crippen LogP contribution in [0.3, 0.4) is 0 Å². The molecule has 0 spiro atoms. The Morgan fingerprint density at radius 1 is 1.47 bits per heavy atom. The standard InChI is InChI=1S/C13H14N2O2S2/c1-4-5-15-12(17)10-8(2)9(3)19-11(10)14-13(15)18-7-6-16/h4,6H,1,5,7H2,2-3H3. The van der Waals surface area contributed by atoms with Gasteiger partial charge in [0.15, 0.2) is 5.16 Å². The monoisotopic (exact) mass is 294 g/mol. The first kappa shape index (κ1) is 14.0. The highest BCUT2D eigenvalue weighted by molar-refractivity contribution is 7.99. The largest absolute Gasteiger partial charge is 0.302 e. The summed E-state index contributed by atoms with van der Waals surface area (Å²) < 4.78 is 1.57. The van der Waals surface area contributed by atoms with Gasteiger partial charge in [-0.3, -0.25) is 9.36 Å². The van der Waals surface area contributed by atoms with Crippen LogP contribution >= 0.6 is 23.1 Å². The van der Waals surface area contributed by atoms with Gasteiger partial charge in [0.1, 0.15) is 11.1 Å². The molecular formula is C13H14N2O2S2. The quantitative estimate of drug-likeness (QED) is 0.368. The number of allylic oxidation sites excluding steroid dienone is 1. The van der Waals surface area contributed by atoms with E-state index in [2.05, 4.69) is 11.6 Å². The Morgan fingerprint density at radius 3 is 2.84 bits per heavy atom. The average molecular weight is 294 g/mol. The zero-order chi connectivity index (χ0) is 14.0. The van der Waals surface area contributed by atoms with E-state index in [9.17, 15) is 9.59 Å². The van der Waals surface area contributed by atoms with Crippen molar-refractivity contribution in [1.82, 2.24) is 9.55 Å². The number of hydrogen-bond donors (Lipinski definition) is 0. The molecular weight excluding hydrogens is 280 g/mol. The Balaban J connectivity index is 2.73. The van der Waals surface area contributed by atoms with Crippen LogP contribution in [0, 0.1) is 13.8 Å². The zero-order valence-corrected chi connectivity index (χ0v) is 12.4.